The van der Waals surface area contributed by atoms with E-state index in [0.717, 1.165) is 0 Å². The van der Waals surface area contributed by atoms with Crippen LogP contribution in [0.4, 0.5) is 26.3 Å². The van der Waals surface area contributed by atoms with Crippen molar-refractivity contribution in [2.45, 2.75) is 25.3 Å². The number of nitriles is 2. The van der Waals surface area contributed by atoms with Crippen molar-refractivity contribution in [1.82, 2.24) is 9.78 Å². The Bertz CT molecular complexity index is 545. The highest BCUT2D eigenvalue weighted by Crippen LogP contribution is 2.31. The highest BCUT2D eigenvalue weighted by molar-refractivity contribution is 5.09. The lowest BCUT2D eigenvalue weighted by Gasteiger charge is -2.19. The molecule has 1 aromatic heterocycles. The minimum atomic E-state index is -4.67. The van der Waals surface area contributed by atoms with Gasteiger partial charge in [0.25, 0.3) is 0 Å². The van der Waals surface area contributed by atoms with Gasteiger partial charge in [0.2, 0.25) is 0 Å². The molecule has 1 heterocycles. The van der Waals surface area contributed by atoms with Crippen LogP contribution in [-0.2, 0) is 12.7 Å². The van der Waals surface area contributed by atoms with Crippen LogP contribution in [0.2, 0.25) is 0 Å². The van der Waals surface area contributed by atoms with Crippen molar-refractivity contribution in [1.29, 1.82) is 10.5 Å². The fourth-order valence-corrected chi connectivity index (χ4v) is 1.67. The Morgan fingerprint density at radius 3 is 2.10 bits per heavy atom. The van der Waals surface area contributed by atoms with Gasteiger partial charge < -0.3 is 0 Å². The highest BCUT2D eigenvalue weighted by atomic mass is 19.4. The molecule has 1 unspecified atom stereocenters. The standard InChI is InChI=1S/C11H8F6N4/c12-10(13,14)1-7(8(2-18)3-19)5-21-6-9(4-20-21)11(15,16)17/h4,6-8H,1,5H2. The minimum absolute atomic E-state index is 0.471. The van der Waals surface area contributed by atoms with Crippen molar-refractivity contribution in [2.24, 2.45) is 11.8 Å². The van der Waals surface area contributed by atoms with Gasteiger partial charge in [-0.25, -0.2) is 0 Å². The van der Waals surface area contributed by atoms with Crippen LogP contribution < -0.4 is 0 Å². The van der Waals surface area contributed by atoms with Crippen molar-refractivity contribution in [3.05, 3.63) is 18.0 Å². The van der Waals surface area contributed by atoms with E-state index in [-0.39, 0.29) is 0 Å². The van der Waals surface area contributed by atoms with Crippen molar-refractivity contribution < 1.29 is 26.3 Å². The molecule has 0 N–H and O–H groups in total. The second-order valence-corrected chi connectivity index (χ2v) is 4.26. The third kappa shape index (κ3) is 4.99. The summed E-state index contributed by atoms with van der Waals surface area (Å²) in [6, 6.07) is 2.81. The first-order valence-corrected chi connectivity index (χ1v) is 5.52. The molecule has 21 heavy (non-hydrogen) atoms. The summed E-state index contributed by atoms with van der Waals surface area (Å²) in [5.74, 6) is -3.09. The highest BCUT2D eigenvalue weighted by Gasteiger charge is 2.37. The van der Waals surface area contributed by atoms with Gasteiger partial charge in [0.15, 0.2) is 0 Å². The molecule has 1 aromatic rings. The fraction of sp³-hybridized carbons (Fsp3) is 0.545. The van der Waals surface area contributed by atoms with E-state index in [1.165, 1.54) is 12.1 Å². The first kappa shape index (κ1) is 16.8. The van der Waals surface area contributed by atoms with E-state index >= 15 is 0 Å². The lowest BCUT2D eigenvalue weighted by Crippen LogP contribution is -2.25. The Morgan fingerprint density at radius 2 is 1.71 bits per heavy atom. The molecule has 1 rings (SSSR count). The zero-order valence-electron chi connectivity index (χ0n) is 10.3. The van der Waals surface area contributed by atoms with Crippen molar-refractivity contribution >= 4 is 0 Å². The van der Waals surface area contributed by atoms with Crippen molar-refractivity contribution in [3.8, 4) is 12.1 Å². The van der Waals surface area contributed by atoms with Crippen LogP contribution in [0.15, 0.2) is 12.4 Å². The molecule has 1 atom stereocenters. The molecule has 0 bridgehead atoms. The molecule has 10 heteroatoms. The average Bonchev–Trinajstić information content (AvgIpc) is 2.76. The maximum Gasteiger partial charge on any atom is 0.419 e. The number of rotatable bonds is 4. The second-order valence-electron chi connectivity index (χ2n) is 4.26. The Hall–Kier alpha value is -2.23. The molecule has 0 saturated heterocycles. The second kappa shape index (κ2) is 6.04. The van der Waals surface area contributed by atoms with Crippen LogP contribution in [0.25, 0.3) is 0 Å². The van der Waals surface area contributed by atoms with Crippen molar-refractivity contribution in [2.75, 3.05) is 0 Å². The molecule has 4 nitrogen and oxygen atoms in total. The normalized spacial score (nSPS) is 13.8. The van der Waals surface area contributed by atoms with E-state index in [1.54, 1.807) is 0 Å². The number of hydrogen-bond donors (Lipinski definition) is 0. The largest absolute Gasteiger partial charge is 0.419 e. The number of alkyl halides is 6. The van der Waals surface area contributed by atoms with Crippen LogP contribution in [0.5, 0.6) is 0 Å². The maximum atomic E-state index is 12.4. The predicted molar refractivity (Wildman–Crippen MR) is 56.1 cm³/mol. The first-order valence-electron chi connectivity index (χ1n) is 5.52. The Kier molecular flexibility index (Phi) is 4.84. The van der Waals surface area contributed by atoms with Gasteiger partial charge in [-0.15, -0.1) is 0 Å². The van der Waals surface area contributed by atoms with Gasteiger partial charge >= 0.3 is 12.4 Å². The number of hydrogen-bond acceptors (Lipinski definition) is 3. The first-order chi connectivity index (χ1) is 9.56. The monoisotopic (exact) mass is 310 g/mol. The lowest BCUT2D eigenvalue weighted by atomic mass is 9.91. The number of aromatic nitrogens is 2. The zero-order chi connectivity index (χ0) is 16.3. The molecular weight excluding hydrogens is 302 g/mol. The summed E-state index contributed by atoms with van der Waals surface area (Å²) in [5, 5.41) is 20.6. The predicted octanol–water partition coefficient (Wildman–Crippen LogP) is 3.13. The van der Waals surface area contributed by atoms with Gasteiger partial charge in [-0.2, -0.15) is 42.0 Å². The van der Waals surface area contributed by atoms with Crippen LogP contribution in [0, 0.1) is 34.5 Å². The van der Waals surface area contributed by atoms with Gasteiger partial charge in [-0.3, -0.25) is 4.68 Å². The van der Waals surface area contributed by atoms with Gasteiger partial charge in [0, 0.05) is 18.7 Å². The molecular formula is C11H8F6N4. The molecule has 0 aliphatic carbocycles. The zero-order valence-corrected chi connectivity index (χ0v) is 10.3. The SMILES string of the molecule is N#CC(C#N)C(Cn1cc(C(F)(F)F)cn1)CC(F)(F)F. The van der Waals surface area contributed by atoms with E-state index in [4.69, 9.17) is 10.5 Å². The molecule has 0 aliphatic heterocycles. The van der Waals surface area contributed by atoms with E-state index < -0.39 is 42.7 Å². The third-order valence-electron chi connectivity index (χ3n) is 2.63. The van der Waals surface area contributed by atoms with Gasteiger partial charge in [0.05, 0.1) is 30.3 Å². The topological polar surface area (TPSA) is 65.4 Å². The van der Waals surface area contributed by atoms with Crippen LogP contribution in [0.3, 0.4) is 0 Å². The molecule has 114 valence electrons. The maximum absolute atomic E-state index is 12.4. The average molecular weight is 310 g/mol. The van der Waals surface area contributed by atoms with Crippen LogP contribution in [0.1, 0.15) is 12.0 Å². The summed E-state index contributed by atoms with van der Waals surface area (Å²) in [7, 11) is 0. The minimum Gasteiger partial charge on any atom is -0.272 e. The summed E-state index contributed by atoms with van der Waals surface area (Å²) in [4.78, 5) is 0. The summed E-state index contributed by atoms with van der Waals surface area (Å²) >= 11 is 0. The van der Waals surface area contributed by atoms with Crippen molar-refractivity contribution in [3.63, 3.8) is 0 Å². The fourth-order valence-electron chi connectivity index (χ4n) is 1.67. The van der Waals surface area contributed by atoms with Gasteiger partial charge in [-0.05, 0) is 0 Å². The number of halogens is 6. The molecule has 0 aliphatic rings. The summed E-state index contributed by atoms with van der Waals surface area (Å²) < 4.78 is 75.0. The Morgan fingerprint density at radius 1 is 1.14 bits per heavy atom. The molecule has 0 spiro atoms. The molecule has 0 saturated carbocycles. The van der Waals surface area contributed by atoms with E-state index in [1.807, 2.05) is 0 Å². The summed E-state index contributed by atoms with van der Waals surface area (Å²) in [5.41, 5.74) is -1.11. The van der Waals surface area contributed by atoms with Crippen LogP contribution in [-0.4, -0.2) is 16.0 Å². The number of nitrogens with zero attached hydrogens (tertiary/aromatic N) is 4. The molecule has 0 amide bonds. The lowest BCUT2D eigenvalue weighted by molar-refractivity contribution is -0.147. The Labute approximate surface area is 115 Å². The smallest absolute Gasteiger partial charge is 0.272 e. The van der Waals surface area contributed by atoms with E-state index in [9.17, 15) is 26.3 Å². The molecule has 0 radical (unpaired) electrons. The van der Waals surface area contributed by atoms with Gasteiger partial charge in [0.1, 0.15) is 5.92 Å². The molecule has 0 aromatic carbocycles. The molecule has 0 fully saturated rings. The van der Waals surface area contributed by atoms with Crippen LogP contribution >= 0.6 is 0 Å². The van der Waals surface area contributed by atoms with E-state index in [2.05, 4.69) is 5.10 Å². The van der Waals surface area contributed by atoms with Gasteiger partial charge in [-0.1, -0.05) is 0 Å². The Balaban J connectivity index is 2.94. The van der Waals surface area contributed by atoms with E-state index in [0.29, 0.717) is 17.1 Å². The third-order valence-corrected chi connectivity index (χ3v) is 2.63. The quantitative estimate of drug-likeness (QED) is 0.802. The summed E-state index contributed by atoms with van der Waals surface area (Å²) in [6.07, 6.45) is -9.76. The summed E-state index contributed by atoms with van der Waals surface area (Å²) in [6.45, 7) is -0.610.